The quantitative estimate of drug-likeness (QED) is 0.464. The SMILES string of the molecule is CCCCCCCCC(CC(C)=O)c1c([O-])c2ccccc2oc1=O. The molecule has 2 rings (SSSR count). The number of fused-ring (bicyclic) bond motifs is 1. The predicted molar refractivity (Wildman–Crippen MR) is 98.0 cm³/mol. The van der Waals surface area contributed by atoms with E-state index in [1.165, 1.54) is 26.2 Å². The van der Waals surface area contributed by atoms with Gasteiger partial charge < -0.3 is 14.3 Å². The summed E-state index contributed by atoms with van der Waals surface area (Å²) in [6, 6.07) is 6.77. The molecule has 25 heavy (non-hydrogen) atoms. The molecule has 0 spiro atoms. The van der Waals surface area contributed by atoms with Crippen LogP contribution in [0.2, 0.25) is 0 Å². The van der Waals surface area contributed by atoms with Gasteiger partial charge in [0.05, 0.1) is 0 Å². The molecule has 0 N–H and O–H groups in total. The van der Waals surface area contributed by atoms with Crippen molar-refractivity contribution in [3.8, 4) is 5.75 Å². The minimum absolute atomic E-state index is 0.0112. The van der Waals surface area contributed by atoms with Crippen LogP contribution in [0.15, 0.2) is 33.5 Å². The summed E-state index contributed by atoms with van der Waals surface area (Å²) in [6.07, 6.45) is 7.64. The maximum absolute atomic E-state index is 12.8. The number of ketones is 1. The van der Waals surface area contributed by atoms with Crippen LogP contribution in [0.5, 0.6) is 5.75 Å². The predicted octanol–water partition coefficient (Wildman–Crippen LogP) is 4.68. The molecule has 0 fully saturated rings. The Labute approximate surface area is 148 Å². The van der Waals surface area contributed by atoms with Gasteiger partial charge in [0, 0.05) is 17.4 Å². The lowest BCUT2D eigenvalue weighted by molar-refractivity contribution is -0.267. The van der Waals surface area contributed by atoms with Crippen LogP contribution in [-0.4, -0.2) is 5.78 Å². The molecule has 0 aliphatic carbocycles. The Morgan fingerprint density at radius 3 is 2.52 bits per heavy atom. The Morgan fingerprint density at radius 2 is 1.80 bits per heavy atom. The Hall–Kier alpha value is -2.10. The highest BCUT2D eigenvalue weighted by Gasteiger charge is 2.20. The summed E-state index contributed by atoms with van der Waals surface area (Å²) in [5.74, 6) is -0.649. The van der Waals surface area contributed by atoms with Crippen molar-refractivity contribution in [3.05, 3.63) is 40.2 Å². The van der Waals surface area contributed by atoms with Crippen molar-refractivity contribution in [2.24, 2.45) is 0 Å². The Balaban J connectivity index is 2.21. The summed E-state index contributed by atoms with van der Waals surface area (Å²) in [5.41, 5.74) is -0.147. The largest absolute Gasteiger partial charge is 0.872 e. The van der Waals surface area contributed by atoms with E-state index < -0.39 is 5.63 Å². The first-order valence-corrected chi connectivity index (χ1v) is 9.26. The topological polar surface area (TPSA) is 70.3 Å². The van der Waals surface area contributed by atoms with Gasteiger partial charge in [-0.15, -0.1) is 0 Å². The molecule has 1 atom stereocenters. The molecule has 2 aromatic rings. The number of unbranched alkanes of at least 4 members (excludes halogenated alkanes) is 5. The molecule has 0 aliphatic rings. The van der Waals surface area contributed by atoms with E-state index >= 15 is 0 Å². The zero-order chi connectivity index (χ0) is 18.2. The molecule has 0 aliphatic heterocycles. The summed E-state index contributed by atoms with van der Waals surface area (Å²) in [5, 5.41) is 13.2. The number of benzene rings is 1. The Bertz CT molecular complexity index is 760. The van der Waals surface area contributed by atoms with Gasteiger partial charge in [-0.3, -0.25) is 0 Å². The van der Waals surface area contributed by atoms with Gasteiger partial charge >= 0.3 is 5.63 Å². The maximum Gasteiger partial charge on any atom is 0.339 e. The van der Waals surface area contributed by atoms with Crippen LogP contribution in [0, 0.1) is 0 Å². The van der Waals surface area contributed by atoms with Crippen molar-refractivity contribution in [1.82, 2.24) is 0 Å². The van der Waals surface area contributed by atoms with E-state index in [0.29, 0.717) is 17.4 Å². The van der Waals surface area contributed by atoms with Crippen LogP contribution in [-0.2, 0) is 4.79 Å². The third-order valence-corrected chi connectivity index (χ3v) is 4.65. The van der Waals surface area contributed by atoms with Crippen molar-refractivity contribution in [2.45, 2.75) is 71.1 Å². The zero-order valence-corrected chi connectivity index (χ0v) is 15.2. The van der Waals surface area contributed by atoms with E-state index in [9.17, 15) is 14.7 Å². The molecule has 136 valence electrons. The number of hydrogen-bond acceptors (Lipinski definition) is 4. The second-order valence-corrected chi connectivity index (χ2v) is 6.79. The van der Waals surface area contributed by atoms with Gasteiger partial charge in [-0.05, 0) is 25.3 Å². The normalized spacial score (nSPS) is 12.4. The highest BCUT2D eigenvalue weighted by atomic mass is 16.4. The fourth-order valence-electron chi connectivity index (χ4n) is 3.35. The van der Waals surface area contributed by atoms with Gasteiger partial charge in [-0.25, -0.2) is 4.79 Å². The Morgan fingerprint density at radius 1 is 1.12 bits per heavy atom. The third-order valence-electron chi connectivity index (χ3n) is 4.65. The standard InChI is InChI=1S/C21H28O4/c1-3-4-5-6-7-8-11-16(14-15(2)22)19-20(23)17-12-9-10-13-18(17)25-21(19)24/h9-10,12-13,16,23H,3-8,11,14H2,1-2H3/p-1. The van der Waals surface area contributed by atoms with E-state index in [1.54, 1.807) is 24.3 Å². The van der Waals surface area contributed by atoms with E-state index in [1.807, 2.05) is 0 Å². The van der Waals surface area contributed by atoms with Crippen LogP contribution in [0.3, 0.4) is 0 Å². The van der Waals surface area contributed by atoms with Crippen molar-refractivity contribution >= 4 is 16.8 Å². The van der Waals surface area contributed by atoms with Crippen LogP contribution < -0.4 is 10.7 Å². The van der Waals surface area contributed by atoms with Gasteiger partial charge in [-0.2, -0.15) is 0 Å². The van der Waals surface area contributed by atoms with Crippen molar-refractivity contribution in [3.63, 3.8) is 0 Å². The smallest absolute Gasteiger partial charge is 0.339 e. The fraction of sp³-hybridized carbons (Fsp3) is 0.524. The average Bonchev–Trinajstić information content (AvgIpc) is 2.57. The minimum atomic E-state index is -0.596. The average molecular weight is 343 g/mol. The van der Waals surface area contributed by atoms with Crippen molar-refractivity contribution in [2.75, 3.05) is 0 Å². The fourth-order valence-corrected chi connectivity index (χ4v) is 3.35. The van der Waals surface area contributed by atoms with Crippen LogP contribution in [0.25, 0.3) is 11.0 Å². The summed E-state index contributed by atoms with van der Waals surface area (Å²) in [4.78, 5) is 24.0. The summed E-state index contributed by atoms with van der Waals surface area (Å²) >= 11 is 0. The number of hydrogen-bond donors (Lipinski definition) is 0. The second kappa shape index (κ2) is 9.40. The zero-order valence-electron chi connectivity index (χ0n) is 15.2. The molecule has 0 amide bonds. The lowest BCUT2D eigenvalue weighted by Gasteiger charge is -2.22. The highest BCUT2D eigenvalue weighted by molar-refractivity contribution is 5.84. The first-order chi connectivity index (χ1) is 12.0. The summed E-state index contributed by atoms with van der Waals surface area (Å²) in [6.45, 7) is 3.68. The van der Waals surface area contributed by atoms with Crippen molar-refractivity contribution < 1.29 is 14.3 Å². The molecule has 0 saturated heterocycles. The third kappa shape index (κ3) is 5.18. The van der Waals surface area contributed by atoms with E-state index in [2.05, 4.69) is 6.92 Å². The monoisotopic (exact) mass is 343 g/mol. The molecule has 1 heterocycles. The molecule has 0 radical (unpaired) electrons. The molecular weight excluding hydrogens is 316 g/mol. The van der Waals surface area contributed by atoms with Crippen LogP contribution in [0.4, 0.5) is 0 Å². The molecule has 4 nitrogen and oxygen atoms in total. The lowest BCUT2D eigenvalue weighted by atomic mass is 9.88. The molecular formula is C21H27O4-. The molecule has 4 heteroatoms. The number of para-hydroxylation sites is 1. The van der Waals surface area contributed by atoms with Gasteiger partial charge in [0.2, 0.25) is 0 Å². The first kappa shape index (κ1) is 19.2. The van der Waals surface area contributed by atoms with E-state index in [4.69, 9.17) is 4.42 Å². The molecule has 1 aromatic carbocycles. The van der Waals surface area contributed by atoms with Crippen molar-refractivity contribution in [1.29, 1.82) is 0 Å². The Kier molecular flexibility index (Phi) is 7.23. The molecule has 0 saturated carbocycles. The lowest BCUT2D eigenvalue weighted by Crippen LogP contribution is -2.18. The van der Waals surface area contributed by atoms with Crippen LogP contribution in [0.1, 0.15) is 76.7 Å². The first-order valence-electron chi connectivity index (χ1n) is 9.26. The van der Waals surface area contributed by atoms with Gasteiger partial charge in [0.15, 0.2) is 0 Å². The van der Waals surface area contributed by atoms with Crippen LogP contribution >= 0.6 is 0 Å². The van der Waals surface area contributed by atoms with Gasteiger partial charge in [-0.1, -0.05) is 69.4 Å². The van der Waals surface area contributed by atoms with Gasteiger partial charge in [0.1, 0.15) is 11.4 Å². The highest BCUT2D eigenvalue weighted by Crippen LogP contribution is 2.33. The number of rotatable bonds is 10. The molecule has 1 aromatic heterocycles. The number of carbonyl (C=O) groups is 1. The molecule has 0 bridgehead atoms. The second-order valence-electron chi connectivity index (χ2n) is 6.79. The van der Waals surface area contributed by atoms with Gasteiger partial charge in [0.25, 0.3) is 0 Å². The number of carbonyl (C=O) groups excluding carboxylic acids is 1. The number of Topliss-reactive ketones (excluding diaryl/α,β-unsaturated/α-hetero) is 1. The maximum atomic E-state index is 12.8. The van der Waals surface area contributed by atoms with E-state index in [0.717, 1.165) is 19.3 Å². The minimum Gasteiger partial charge on any atom is -0.872 e. The van der Waals surface area contributed by atoms with E-state index in [-0.39, 0.29) is 29.4 Å². The summed E-state index contributed by atoms with van der Waals surface area (Å²) < 4.78 is 5.33. The summed E-state index contributed by atoms with van der Waals surface area (Å²) in [7, 11) is 0. The molecule has 1 unspecified atom stereocenters.